The van der Waals surface area contributed by atoms with Gasteiger partial charge >= 0.3 is 0 Å². The Morgan fingerprint density at radius 3 is 2.75 bits per heavy atom. The van der Waals surface area contributed by atoms with Gasteiger partial charge in [-0.25, -0.2) is 0 Å². The Kier molecular flexibility index (Phi) is 5.74. The summed E-state index contributed by atoms with van der Waals surface area (Å²) in [5.41, 5.74) is 0.132. The van der Waals surface area contributed by atoms with Crippen molar-refractivity contribution in [3.63, 3.8) is 0 Å². The Morgan fingerprint density at radius 1 is 1.56 bits per heavy atom. The summed E-state index contributed by atoms with van der Waals surface area (Å²) in [5, 5.41) is 12.3. The molecule has 0 atom stereocenters. The number of hydrogen-bond donors (Lipinski definition) is 2. The van der Waals surface area contributed by atoms with Crippen molar-refractivity contribution in [2.75, 3.05) is 13.2 Å². The van der Waals surface area contributed by atoms with Crippen LogP contribution < -0.4 is 5.32 Å². The molecule has 0 aliphatic rings. The van der Waals surface area contributed by atoms with Crippen LogP contribution in [0, 0.1) is 5.41 Å². The molecule has 1 aromatic heterocycles. The molecule has 92 valence electrons. The first-order chi connectivity index (χ1) is 7.44. The van der Waals surface area contributed by atoms with Crippen LogP contribution in [0.15, 0.2) is 10.5 Å². The summed E-state index contributed by atoms with van der Waals surface area (Å²) in [6.45, 7) is 6.25. The minimum Gasteiger partial charge on any atom is -0.396 e. The Balaban J connectivity index is 2.35. The lowest BCUT2D eigenvalue weighted by Crippen LogP contribution is -2.29. The molecular formula is C11H17BrClNOS. The third kappa shape index (κ3) is 4.72. The monoisotopic (exact) mass is 325 g/mol. The molecule has 2 N–H and O–H groups in total. The Labute approximate surface area is 114 Å². The van der Waals surface area contributed by atoms with Crippen molar-refractivity contribution in [3.05, 3.63) is 19.8 Å². The number of rotatable bonds is 6. The minimum atomic E-state index is 0.132. The summed E-state index contributed by atoms with van der Waals surface area (Å²) >= 11 is 10.9. The zero-order valence-corrected chi connectivity index (χ0v) is 12.7. The van der Waals surface area contributed by atoms with E-state index in [0.717, 1.165) is 28.3 Å². The molecule has 1 aromatic rings. The van der Waals surface area contributed by atoms with Crippen molar-refractivity contribution >= 4 is 38.9 Å². The first kappa shape index (κ1) is 14.5. The van der Waals surface area contributed by atoms with Crippen LogP contribution in [0.25, 0.3) is 0 Å². The lowest BCUT2D eigenvalue weighted by molar-refractivity contribution is 0.207. The van der Waals surface area contributed by atoms with Crippen molar-refractivity contribution in [3.8, 4) is 0 Å². The smallest absolute Gasteiger partial charge is 0.107 e. The molecule has 1 heterocycles. The molecule has 0 unspecified atom stereocenters. The van der Waals surface area contributed by atoms with Gasteiger partial charge in [0.2, 0.25) is 0 Å². The van der Waals surface area contributed by atoms with E-state index in [0.29, 0.717) is 0 Å². The Morgan fingerprint density at radius 2 is 2.25 bits per heavy atom. The van der Waals surface area contributed by atoms with Gasteiger partial charge in [-0.15, -0.1) is 11.3 Å². The second-order valence-electron chi connectivity index (χ2n) is 4.58. The number of hydrogen-bond acceptors (Lipinski definition) is 3. The first-order valence-corrected chi connectivity index (χ1v) is 7.19. The average Bonchev–Trinajstić information content (AvgIpc) is 2.45. The van der Waals surface area contributed by atoms with Crippen molar-refractivity contribution in [2.45, 2.75) is 26.8 Å². The normalized spacial score (nSPS) is 12.1. The van der Waals surface area contributed by atoms with Crippen molar-refractivity contribution in [2.24, 2.45) is 5.41 Å². The third-order valence-electron chi connectivity index (χ3n) is 2.39. The van der Waals surface area contributed by atoms with Gasteiger partial charge in [0.1, 0.15) is 4.34 Å². The SMILES string of the molecule is CC(C)(CCO)CNCc1cc(Br)c(Cl)s1. The van der Waals surface area contributed by atoms with Crippen molar-refractivity contribution in [1.29, 1.82) is 0 Å². The maximum atomic E-state index is 8.91. The van der Waals surface area contributed by atoms with Crippen molar-refractivity contribution < 1.29 is 5.11 Å². The Hall–Kier alpha value is 0.390. The lowest BCUT2D eigenvalue weighted by atomic mass is 9.90. The van der Waals surface area contributed by atoms with Gasteiger partial charge in [0.25, 0.3) is 0 Å². The molecule has 0 aliphatic carbocycles. The average molecular weight is 327 g/mol. The molecule has 0 saturated carbocycles. The Bertz CT molecular complexity index is 321. The van der Waals surface area contributed by atoms with Crippen LogP contribution in [0.3, 0.4) is 0 Å². The fourth-order valence-corrected chi connectivity index (χ4v) is 3.15. The maximum Gasteiger partial charge on any atom is 0.107 e. The van der Waals surface area contributed by atoms with Gasteiger partial charge in [-0.1, -0.05) is 25.4 Å². The van der Waals surface area contributed by atoms with Gasteiger partial charge < -0.3 is 10.4 Å². The van der Waals surface area contributed by atoms with Crippen LogP contribution >= 0.6 is 38.9 Å². The van der Waals surface area contributed by atoms with E-state index >= 15 is 0 Å². The number of thiophene rings is 1. The zero-order valence-electron chi connectivity index (χ0n) is 9.52. The van der Waals surface area contributed by atoms with Gasteiger partial charge in [-0.05, 0) is 33.8 Å². The molecule has 16 heavy (non-hydrogen) atoms. The number of aliphatic hydroxyl groups excluding tert-OH is 1. The first-order valence-electron chi connectivity index (χ1n) is 5.20. The number of aliphatic hydroxyl groups is 1. The predicted octanol–water partition coefficient (Wildman–Crippen LogP) is 3.66. The lowest BCUT2D eigenvalue weighted by Gasteiger charge is -2.23. The van der Waals surface area contributed by atoms with Crippen LogP contribution in [-0.4, -0.2) is 18.3 Å². The molecule has 0 amide bonds. The fourth-order valence-electron chi connectivity index (χ4n) is 1.39. The van der Waals surface area contributed by atoms with Crippen molar-refractivity contribution in [1.82, 2.24) is 5.32 Å². The van der Waals surface area contributed by atoms with Crippen LogP contribution in [0.4, 0.5) is 0 Å². The van der Waals surface area contributed by atoms with E-state index in [1.165, 1.54) is 4.88 Å². The summed E-state index contributed by atoms with van der Waals surface area (Å²) in [4.78, 5) is 1.22. The molecule has 0 saturated heterocycles. The molecule has 0 aromatic carbocycles. The van der Waals surface area contributed by atoms with E-state index in [-0.39, 0.29) is 12.0 Å². The largest absolute Gasteiger partial charge is 0.396 e. The van der Waals surface area contributed by atoms with E-state index in [2.05, 4.69) is 35.1 Å². The molecule has 0 radical (unpaired) electrons. The molecule has 0 spiro atoms. The number of nitrogens with one attached hydrogen (secondary N) is 1. The quantitative estimate of drug-likeness (QED) is 0.836. The molecule has 1 rings (SSSR count). The highest BCUT2D eigenvalue weighted by molar-refractivity contribution is 9.10. The van der Waals surface area contributed by atoms with E-state index in [1.807, 2.05) is 6.07 Å². The van der Waals surface area contributed by atoms with Crippen LogP contribution in [0.5, 0.6) is 0 Å². The van der Waals surface area contributed by atoms with Crippen LogP contribution in [0.2, 0.25) is 4.34 Å². The van der Waals surface area contributed by atoms with Gasteiger partial charge in [-0.3, -0.25) is 0 Å². The van der Waals surface area contributed by atoms with Crippen LogP contribution in [0.1, 0.15) is 25.1 Å². The molecule has 2 nitrogen and oxygen atoms in total. The van der Waals surface area contributed by atoms with Crippen LogP contribution in [-0.2, 0) is 6.54 Å². The maximum absolute atomic E-state index is 8.91. The standard InChI is InChI=1S/C11H17BrClNOS/c1-11(2,3-4-15)7-14-6-8-5-9(12)10(13)16-8/h5,14-15H,3-4,6-7H2,1-2H3. The highest BCUT2D eigenvalue weighted by Crippen LogP contribution is 2.31. The third-order valence-corrected chi connectivity index (χ3v) is 4.86. The molecule has 5 heteroatoms. The van der Waals surface area contributed by atoms with Gasteiger partial charge in [0.15, 0.2) is 0 Å². The molecule has 0 fully saturated rings. The van der Waals surface area contributed by atoms with E-state index in [4.69, 9.17) is 16.7 Å². The van der Waals surface area contributed by atoms with E-state index in [9.17, 15) is 0 Å². The topological polar surface area (TPSA) is 32.3 Å². The van der Waals surface area contributed by atoms with Gasteiger partial charge in [0, 0.05) is 29.0 Å². The second kappa shape index (κ2) is 6.36. The molecule has 0 aliphatic heterocycles. The summed E-state index contributed by atoms with van der Waals surface area (Å²) in [6.07, 6.45) is 0.814. The fraction of sp³-hybridized carbons (Fsp3) is 0.636. The van der Waals surface area contributed by atoms with Gasteiger partial charge in [-0.2, -0.15) is 0 Å². The second-order valence-corrected chi connectivity index (χ2v) is 7.17. The highest BCUT2D eigenvalue weighted by atomic mass is 79.9. The number of halogens is 2. The summed E-state index contributed by atoms with van der Waals surface area (Å²) in [6, 6.07) is 2.04. The zero-order chi connectivity index (χ0) is 12.2. The summed E-state index contributed by atoms with van der Waals surface area (Å²) in [5.74, 6) is 0. The molecular weight excluding hydrogens is 310 g/mol. The predicted molar refractivity (Wildman–Crippen MR) is 74.2 cm³/mol. The summed E-state index contributed by atoms with van der Waals surface area (Å²) < 4.78 is 1.76. The minimum absolute atomic E-state index is 0.132. The van der Waals surface area contributed by atoms with E-state index in [1.54, 1.807) is 11.3 Å². The summed E-state index contributed by atoms with van der Waals surface area (Å²) in [7, 11) is 0. The highest BCUT2D eigenvalue weighted by Gasteiger charge is 2.16. The molecule has 0 bridgehead atoms. The van der Waals surface area contributed by atoms with Gasteiger partial charge in [0.05, 0.1) is 0 Å². The van der Waals surface area contributed by atoms with E-state index < -0.39 is 0 Å².